The lowest BCUT2D eigenvalue weighted by molar-refractivity contribution is -0.129. The minimum Gasteiger partial charge on any atom is -0.389 e. The van der Waals surface area contributed by atoms with Crippen molar-refractivity contribution in [2.75, 3.05) is 0 Å². The third kappa shape index (κ3) is 0.891. The Morgan fingerprint density at radius 3 is 3.07 bits per heavy atom. The Morgan fingerprint density at radius 1 is 1.40 bits per heavy atom. The van der Waals surface area contributed by atoms with Crippen molar-refractivity contribution < 1.29 is 9.84 Å². The Labute approximate surface area is 90.3 Å². The molecule has 2 aliphatic heterocycles. The first-order valence-corrected chi connectivity index (χ1v) is 6.17. The lowest BCUT2D eigenvalue weighted by atomic mass is 9.62. The first kappa shape index (κ1) is 8.77. The predicted octanol–water partition coefficient (Wildman–Crippen LogP) is 1.88. The lowest BCUT2D eigenvalue weighted by Crippen LogP contribution is -2.47. The molecule has 0 radical (unpaired) electrons. The maximum Gasteiger partial charge on any atom is 0.0725 e. The number of allylic oxidation sites excluding steroid dienone is 1. The van der Waals surface area contributed by atoms with Gasteiger partial charge in [-0.3, -0.25) is 0 Å². The number of rotatable bonds is 0. The zero-order chi connectivity index (χ0) is 10.3. The molecule has 15 heavy (non-hydrogen) atoms. The van der Waals surface area contributed by atoms with Crippen LogP contribution in [0.15, 0.2) is 12.2 Å². The number of hydrogen-bond donors (Lipinski definition) is 1. The van der Waals surface area contributed by atoms with Crippen LogP contribution in [0.5, 0.6) is 0 Å². The second-order valence-electron chi connectivity index (χ2n) is 6.28. The highest BCUT2D eigenvalue weighted by atomic mass is 16.5. The first-order valence-electron chi connectivity index (χ1n) is 6.17. The topological polar surface area (TPSA) is 29.5 Å². The van der Waals surface area contributed by atoms with E-state index >= 15 is 0 Å². The molecule has 2 nitrogen and oxygen atoms in total. The van der Waals surface area contributed by atoms with Crippen LogP contribution >= 0.6 is 0 Å². The molecule has 5 rings (SSSR count). The van der Waals surface area contributed by atoms with Gasteiger partial charge in [-0.05, 0) is 49.9 Å². The lowest BCUT2D eigenvalue weighted by Gasteiger charge is -2.48. The third-order valence-corrected chi connectivity index (χ3v) is 5.44. The highest BCUT2D eigenvalue weighted by molar-refractivity contribution is 5.25. The smallest absolute Gasteiger partial charge is 0.0725 e. The van der Waals surface area contributed by atoms with Crippen molar-refractivity contribution in [3.05, 3.63) is 12.2 Å². The molecule has 0 aromatic carbocycles. The molecule has 2 heterocycles. The van der Waals surface area contributed by atoms with Gasteiger partial charge < -0.3 is 9.84 Å². The molecule has 1 spiro atoms. The highest BCUT2D eigenvalue weighted by Gasteiger charge is 2.67. The van der Waals surface area contributed by atoms with Gasteiger partial charge in [-0.1, -0.05) is 12.2 Å². The van der Waals surface area contributed by atoms with Crippen molar-refractivity contribution >= 4 is 0 Å². The van der Waals surface area contributed by atoms with Crippen LogP contribution in [0.25, 0.3) is 0 Å². The summed E-state index contributed by atoms with van der Waals surface area (Å²) in [5.41, 5.74) is 0.549. The van der Waals surface area contributed by atoms with Gasteiger partial charge in [-0.25, -0.2) is 0 Å². The van der Waals surface area contributed by atoms with Crippen molar-refractivity contribution in [2.45, 2.75) is 50.4 Å². The van der Waals surface area contributed by atoms with Crippen molar-refractivity contribution in [1.29, 1.82) is 0 Å². The monoisotopic (exact) mass is 206 g/mol. The molecule has 6 atom stereocenters. The summed E-state index contributed by atoms with van der Waals surface area (Å²) < 4.78 is 6.21. The summed E-state index contributed by atoms with van der Waals surface area (Å²) >= 11 is 0. The number of aliphatic hydroxyl groups is 1. The molecule has 2 heteroatoms. The fourth-order valence-corrected chi connectivity index (χ4v) is 4.87. The molecule has 0 amide bonds. The van der Waals surface area contributed by atoms with Crippen LogP contribution in [-0.4, -0.2) is 22.9 Å². The zero-order valence-electron chi connectivity index (χ0n) is 9.15. The Hall–Kier alpha value is -0.340. The summed E-state index contributed by atoms with van der Waals surface area (Å²) in [4.78, 5) is 0. The van der Waals surface area contributed by atoms with Crippen molar-refractivity contribution in [3.63, 3.8) is 0 Å². The van der Waals surface area contributed by atoms with Crippen molar-refractivity contribution in [2.24, 2.45) is 17.3 Å². The summed E-state index contributed by atoms with van der Waals surface area (Å²) in [6.45, 7) is 2.29. The normalized spacial score (nSPS) is 64.9. The van der Waals surface area contributed by atoms with Crippen LogP contribution in [0.1, 0.15) is 32.6 Å². The Kier molecular flexibility index (Phi) is 1.36. The van der Waals surface area contributed by atoms with Gasteiger partial charge in [-0.15, -0.1) is 0 Å². The van der Waals surface area contributed by atoms with Crippen LogP contribution < -0.4 is 0 Å². The Morgan fingerprint density at radius 2 is 2.27 bits per heavy atom. The second kappa shape index (κ2) is 2.33. The van der Waals surface area contributed by atoms with Crippen molar-refractivity contribution in [3.8, 4) is 0 Å². The minimum absolute atomic E-state index is 0.161. The largest absolute Gasteiger partial charge is 0.389 e. The van der Waals surface area contributed by atoms with Gasteiger partial charge in [0.15, 0.2) is 0 Å². The SMILES string of the molecule is CC12CC34C=CC(O)CC3C(CC1C4)O2. The quantitative estimate of drug-likeness (QED) is 0.613. The average molecular weight is 206 g/mol. The Balaban J connectivity index is 1.83. The van der Waals surface area contributed by atoms with Gasteiger partial charge in [0.2, 0.25) is 0 Å². The minimum atomic E-state index is -0.228. The van der Waals surface area contributed by atoms with Crippen LogP contribution in [0.2, 0.25) is 0 Å². The molecule has 82 valence electrons. The van der Waals surface area contributed by atoms with Crippen LogP contribution in [-0.2, 0) is 4.74 Å². The van der Waals surface area contributed by atoms with E-state index in [1.165, 1.54) is 19.3 Å². The maximum atomic E-state index is 9.73. The van der Waals surface area contributed by atoms with E-state index in [-0.39, 0.29) is 11.7 Å². The van der Waals surface area contributed by atoms with E-state index in [9.17, 15) is 5.11 Å². The molecular weight excluding hydrogens is 188 g/mol. The number of aliphatic hydroxyl groups excluding tert-OH is 1. The molecule has 1 N–H and O–H groups in total. The van der Waals surface area contributed by atoms with E-state index in [1.54, 1.807) is 0 Å². The molecule has 0 aromatic heterocycles. The van der Waals surface area contributed by atoms with E-state index in [4.69, 9.17) is 4.74 Å². The average Bonchev–Trinajstić information content (AvgIpc) is 2.54. The van der Waals surface area contributed by atoms with Gasteiger partial charge in [0.25, 0.3) is 0 Å². The van der Waals surface area contributed by atoms with E-state index < -0.39 is 0 Å². The predicted molar refractivity (Wildman–Crippen MR) is 56.3 cm³/mol. The van der Waals surface area contributed by atoms with Gasteiger partial charge >= 0.3 is 0 Å². The number of hydrogen-bond acceptors (Lipinski definition) is 2. The summed E-state index contributed by atoms with van der Waals surface area (Å²) in [7, 11) is 0. The second-order valence-corrected chi connectivity index (χ2v) is 6.28. The molecular formula is C13H18O2. The van der Waals surface area contributed by atoms with Crippen LogP contribution in [0.4, 0.5) is 0 Å². The first-order chi connectivity index (χ1) is 7.11. The maximum absolute atomic E-state index is 9.73. The molecule has 2 saturated heterocycles. The molecule has 2 saturated carbocycles. The van der Waals surface area contributed by atoms with E-state index in [0.717, 1.165) is 12.3 Å². The highest BCUT2D eigenvalue weighted by Crippen LogP contribution is 2.68. The molecule has 6 unspecified atom stereocenters. The van der Waals surface area contributed by atoms with Gasteiger partial charge in [0.05, 0.1) is 17.8 Å². The molecule has 3 aliphatic carbocycles. The summed E-state index contributed by atoms with van der Waals surface area (Å²) in [5, 5.41) is 9.73. The van der Waals surface area contributed by atoms with Gasteiger partial charge in [0, 0.05) is 0 Å². The summed E-state index contributed by atoms with van der Waals surface area (Å²) in [5.74, 6) is 1.36. The standard InChI is InChI=1S/C13H18O2/c1-12-7-13-3-2-9(14)5-10(13)11(15-12)4-8(12)6-13/h2-3,8-11,14H,4-7H2,1H3. The summed E-state index contributed by atoms with van der Waals surface area (Å²) in [6, 6.07) is 0. The van der Waals surface area contributed by atoms with Crippen LogP contribution in [0.3, 0.4) is 0 Å². The molecule has 5 aliphatic rings. The molecule has 4 fully saturated rings. The molecule has 0 aromatic rings. The van der Waals surface area contributed by atoms with E-state index in [1.807, 2.05) is 6.08 Å². The number of ether oxygens (including phenoxy) is 1. The van der Waals surface area contributed by atoms with Gasteiger partial charge in [-0.2, -0.15) is 0 Å². The molecule has 4 bridgehead atoms. The summed E-state index contributed by atoms with van der Waals surface area (Å²) in [6.07, 6.45) is 9.19. The van der Waals surface area contributed by atoms with Crippen molar-refractivity contribution in [1.82, 2.24) is 0 Å². The fraction of sp³-hybridized carbons (Fsp3) is 0.846. The van der Waals surface area contributed by atoms with Gasteiger partial charge in [0.1, 0.15) is 0 Å². The van der Waals surface area contributed by atoms with E-state index in [0.29, 0.717) is 17.4 Å². The van der Waals surface area contributed by atoms with E-state index in [2.05, 4.69) is 13.0 Å². The zero-order valence-corrected chi connectivity index (χ0v) is 9.15. The van der Waals surface area contributed by atoms with Crippen LogP contribution in [0, 0.1) is 17.3 Å². The third-order valence-electron chi connectivity index (χ3n) is 5.44. The Bertz CT molecular complexity index is 350. The fourth-order valence-electron chi connectivity index (χ4n) is 4.87.